The summed E-state index contributed by atoms with van der Waals surface area (Å²) in [5, 5.41) is 18.5. The Morgan fingerprint density at radius 2 is 1.58 bits per heavy atom. The number of nitrogens with zero attached hydrogens (tertiary/aromatic N) is 6. The molecule has 4 aliphatic heterocycles. The quantitative estimate of drug-likeness (QED) is 0.0589. The topological polar surface area (TPSA) is 160 Å². The van der Waals surface area contributed by atoms with Gasteiger partial charge in [-0.25, -0.2) is 13.2 Å². The lowest BCUT2D eigenvalue weighted by Gasteiger charge is -2.39. The number of aliphatic hydroxyl groups is 1. The fraction of sp³-hybridized carbons (Fsp3) is 0.596. The number of aromatic hydroxyl groups is 1. The summed E-state index contributed by atoms with van der Waals surface area (Å²) in [6.07, 6.45) is 20.2. The maximum atomic E-state index is 16.2. The highest BCUT2D eigenvalue weighted by Crippen LogP contribution is 2.40. The second-order valence-corrected chi connectivity index (χ2v) is 17.9. The lowest BCUT2D eigenvalue weighted by atomic mass is 9.96. The summed E-state index contributed by atoms with van der Waals surface area (Å²) in [6, 6.07) is 6.92. The zero-order valence-corrected chi connectivity index (χ0v) is 41.2. The normalized spacial score (nSPS) is 19.9. The average molecular weight is 965 g/mol. The molecule has 69 heavy (non-hydrogen) atoms. The molecule has 0 saturated carbocycles. The molecule has 4 fully saturated rings. The predicted molar refractivity (Wildman–Crippen MR) is 261 cm³/mol. The highest BCUT2D eigenvalue weighted by Gasteiger charge is 2.39. The highest BCUT2D eigenvalue weighted by atomic mass is 19.1. The van der Waals surface area contributed by atoms with Gasteiger partial charge in [-0.05, 0) is 82.1 Å². The van der Waals surface area contributed by atoms with Crippen LogP contribution in [0.2, 0.25) is 0 Å². The first-order valence-corrected chi connectivity index (χ1v) is 24.4. The van der Waals surface area contributed by atoms with E-state index in [1.54, 1.807) is 0 Å². The van der Waals surface area contributed by atoms with Crippen molar-refractivity contribution in [3.8, 4) is 35.4 Å². The number of anilines is 1. The monoisotopic (exact) mass is 965 g/mol. The Morgan fingerprint density at radius 1 is 0.899 bits per heavy atom. The van der Waals surface area contributed by atoms with E-state index in [1.807, 2.05) is 6.92 Å². The third-order valence-corrected chi connectivity index (χ3v) is 13.3. The first-order chi connectivity index (χ1) is 33.4. The summed E-state index contributed by atoms with van der Waals surface area (Å²) in [4.78, 5) is 43.0. The number of carbonyl (C=O) groups is 2. The number of halogens is 3. The molecule has 4 unspecified atom stereocenters. The molecule has 2 bridgehead atoms. The molecule has 2 N–H and O–H groups in total. The first kappa shape index (κ1) is 54.7. The zero-order chi connectivity index (χ0) is 50.0. The molecule has 2 aromatic heterocycles. The van der Waals surface area contributed by atoms with Gasteiger partial charge in [-0.1, -0.05) is 57.9 Å². The molecule has 14 nitrogen and oxygen atoms in total. The Kier molecular flexibility index (Phi) is 21.5. The molecule has 4 aliphatic rings. The van der Waals surface area contributed by atoms with Crippen LogP contribution >= 0.6 is 0 Å². The third kappa shape index (κ3) is 14.4. The summed E-state index contributed by atoms with van der Waals surface area (Å²) in [6.45, 7) is 7.73. The number of piperazine rings is 1. The number of benzene rings is 2. The molecule has 6 heterocycles. The van der Waals surface area contributed by atoms with E-state index < -0.39 is 23.9 Å². The van der Waals surface area contributed by atoms with Gasteiger partial charge in [-0.3, -0.25) is 24.4 Å². The second-order valence-electron chi connectivity index (χ2n) is 17.9. The van der Waals surface area contributed by atoms with Crippen molar-refractivity contribution in [3.05, 3.63) is 47.7 Å². The molecule has 4 aromatic rings. The number of aromatic nitrogens is 3. The number of esters is 2. The largest absolute Gasteiger partial charge is 0.508 e. The van der Waals surface area contributed by atoms with Gasteiger partial charge in [0.05, 0.1) is 18.1 Å². The van der Waals surface area contributed by atoms with Crippen molar-refractivity contribution in [2.24, 2.45) is 0 Å². The minimum Gasteiger partial charge on any atom is -0.508 e. The molecule has 2 aromatic carbocycles. The van der Waals surface area contributed by atoms with Gasteiger partial charge in [0.2, 0.25) is 0 Å². The van der Waals surface area contributed by atoms with Gasteiger partial charge < -0.3 is 34.1 Å². The van der Waals surface area contributed by atoms with Gasteiger partial charge in [0.15, 0.2) is 5.82 Å². The van der Waals surface area contributed by atoms with Gasteiger partial charge in [0.25, 0.3) is 0 Å². The number of hydrogen-bond acceptors (Lipinski definition) is 14. The molecule has 0 amide bonds. The van der Waals surface area contributed by atoms with Crippen LogP contribution in [-0.2, 0) is 23.8 Å². The molecule has 8 rings (SSSR count). The van der Waals surface area contributed by atoms with Gasteiger partial charge in [0.1, 0.15) is 54.1 Å². The molecular formula is C52H71F3N6O8. The van der Waals surface area contributed by atoms with Gasteiger partial charge >= 0.3 is 17.9 Å². The standard InChI is InChI=1S/C27H23F2N5O2.C17H32O5.C7H12FN.CH4O/c1-4-18-21(28)8-5-14-9-17(35)10-19(22(14)18)24-23(29)25-20(11-30-24)26(32-27(31-25)36-3)34-12-15-6-7-16(13-34)33(15)2;1-4-6-7-8-9-10-12-17(19)22-14-15(20-3)13-21-16(18)11-5-2;8-6-4-7-2-1-3-9(7)5-6;1-2/h1,5,8-11,15-16,35H,6-7,12-13H2,2-3H3;15H,4-14H2,1-3H3;6-7H,1-5H2;2H,1H3/t;;6-,7?;/m..1./s1. The van der Waals surface area contributed by atoms with E-state index in [-0.39, 0.29) is 64.6 Å². The van der Waals surface area contributed by atoms with Crippen molar-refractivity contribution in [2.75, 3.05) is 72.7 Å². The van der Waals surface area contributed by atoms with Crippen molar-refractivity contribution in [3.63, 3.8) is 0 Å². The predicted octanol–water partition coefficient (Wildman–Crippen LogP) is 8.54. The van der Waals surface area contributed by atoms with Crippen LogP contribution in [0.1, 0.15) is 109 Å². The number of phenols is 1. The smallest absolute Gasteiger partial charge is 0.318 e. The number of alkyl halides is 1. The minimum absolute atomic E-state index is 0.0299. The maximum absolute atomic E-state index is 16.2. The van der Waals surface area contributed by atoms with Crippen molar-refractivity contribution in [1.82, 2.24) is 24.8 Å². The van der Waals surface area contributed by atoms with Gasteiger partial charge in [-0.15, -0.1) is 6.42 Å². The van der Waals surface area contributed by atoms with E-state index in [2.05, 4.69) is 49.5 Å². The number of phenolic OH excluding ortho intramolecular Hbond substituents is 1. The molecular weight excluding hydrogens is 894 g/mol. The first-order valence-electron chi connectivity index (χ1n) is 24.4. The number of fused-ring (bicyclic) bond motifs is 5. The SMILES string of the molecule is C#Cc1c(F)ccc2cc(O)cc(-c3ncc4c(N5CC6CCC(C5)N6C)nc(OC)nc4c3F)c12.CCCCCCCCC(=O)OCC(COC(=O)CCC)OC.CO.F[C@@H]1CC2CCCN2C1. The van der Waals surface area contributed by atoms with Crippen LogP contribution in [0, 0.1) is 24.0 Å². The van der Waals surface area contributed by atoms with E-state index in [9.17, 15) is 23.5 Å². The van der Waals surface area contributed by atoms with Crippen molar-refractivity contribution in [2.45, 2.75) is 134 Å². The third-order valence-electron chi connectivity index (χ3n) is 13.3. The summed E-state index contributed by atoms with van der Waals surface area (Å²) in [5.41, 5.74) is 0.0743. The molecule has 0 spiro atoms. The lowest BCUT2D eigenvalue weighted by Crippen LogP contribution is -2.52. The number of ether oxygens (including phenoxy) is 4. The van der Waals surface area contributed by atoms with E-state index in [1.165, 1.54) is 83.2 Å². The van der Waals surface area contributed by atoms with Crippen molar-refractivity contribution >= 4 is 39.4 Å². The zero-order valence-electron chi connectivity index (χ0n) is 41.2. The number of aliphatic hydroxyl groups excluding tert-OH is 1. The Hall–Kier alpha value is -5.28. The fourth-order valence-corrected chi connectivity index (χ4v) is 9.56. The Morgan fingerprint density at radius 3 is 2.22 bits per heavy atom. The number of likely N-dealkylation sites (N-methyl/N-ethyl adjacent to an activating group) is 1. The summed E-state index contributed by atoms with van der Waals surface area (Å²) in [7, 11) is 6.09. The number of methoxy groups -OCH3 is 2. The Bertz CT molecular complexity index is 2330. The van der Waals surface area contributed by atoms with Crippen LogP contribution in [0.5, 0.6) is 11.8 Å². The molecule has 4 saturated heterocycles. The molecule has 17 heteroatoms. The van der Waals surface area contributed by atoms with E-state index >= 15 is 4.39 Å². The number of terminal acetylenes is 1. The molecule has 5 atom stereocenters. The number of hydrogen-bond donors (Lipinski definition) is 2. The van der Waals surface area contributed by atoms with E-state index in [4.69, 9.17) is 30.5 Å². The average Bonchev–Trinajstić information content (AvgIpc) is 3.99. The van der Waals surface area contributed by atoms with Crippen LogP contribution in [0.15, 0.2) is 30.5 Å². The summed E-state index contributed by atoms with van der Waals surface area (Å²) >= 11 is 0. The number of carbonyl (C=O) groups excluding carboxylic acids is 2. The molecule has 0 aliphatic carbocycles. The van der Waals surface area contributed by atoms with Crippen molar-refractivity contribution in [1.29, 1.82) is 0 Å². The van der Waals surface area contributed by atoms with E-state index in [0.29, 0.717) is 54.1 Å². The van der Waals surface area contributed by atoms with Crippen LogP contribution in [-0.4, -0.2) is 145 Å². The number of pyridine rings is 1. The fourth-order valence-electron chi connectivity index (χ4n) is 9.56. The van der Waals surface area contributed by atoms with Gasteiger partial charge in [-0.2, -0.15) is 9.97 Å². The molecule has 378 valence electrons. The number of unbranched alkanes of at least 4 members (excludes halogenated alkanes) is 5. The van der Waals surface area contributed by atoms with E-state index in [0.717, 1.165) is 65.3 Å². The summed E-state index contributed by atoms with van der Waals surface area (Å²) in [5.74, 6) is 0.987. The maximum Gasteiger partial charge on any atom is 0.318 e. The Labute approximate surface area is 404 Å². The second kappa shape index (κ2) is 27.2. The number of rotatable bonds is 17. The van der Waals surface area contributed by atoms with Crippen LogP contribution in [0.25, 0.3) is 32.9 Å². The van der Waals surface area contributed by atoms with Crippen LogP contribution in [0.3, 0.4) is 0 Å². The van der Waals surface area contributed by atoms with Crippen LogP contribution < -0.4 is 9.64 Å². The van der Waals surface area contributed by atoms with Gasteiger partial charge in [0, 0.05) is 82.0 Å². The van der Waals surface area contributed by atoms with Crippen molar-refractivity contribution < 1.29 is 51.9 Å². The van der Waals surface area contributed by atoms with Crippen LogP contribution in [0.4, 0.5) is 19.0 Å². The minimum atomic E-state index is -0.731. The summed E-state index contributed by atoms with van der Waals surface area (Å²) < 4.78 is 64.0. The lowest BCUT2D eigenvalue weighted by molar-refractivity contribution is -0.153. The highest BCUT2D eigenvalue weighted by molar-refractivity contribution is 6.03. The Balaban J connectivity index is 0.000000228. The molecule has 0 radical (unpaired) electrons.